The third kappa shape index (κ3) is 4.49. The topological polar surface area (TPSA) is 126 Å². The van der Waals surface area contributed by atoms with E-state index in [0.29, 0.717) is 10.5 Å². The smallest absolute Gasteiger partial charge is 0.416 e. The number of hydrogen-bond acceptors (Lipinski definition) is 8. The lowest BCUT2D eigenvalue weighted by Crippen LogP contribution is -2.17. The van der Waals surface area contributed by atoms with Crippen molar-refractivity contribution >= 4 is 28.8 Å². The predicted molar refractivity (Wildman–Crippen MR) is 117 cm³/mol. The molecule has 0 bridgehead atoms. The maximum atomic E-state index is 13.3. The fourth-order valence-electron chi connectivity index (χ4n) is 3.53. The van der Waals surface area contributed by atoms with Crippen molar-refractivity contribution in [1.29, 1.82) is 0 Å². The first kappa shape index (κ1) is 23.4. The largest absolute Gasteiger partial charge is 0.507 e. The molecule has 8 nitrogen and oxygen atoms in total. The Kier molecular flexibility index (Phi) is 5.86. The molecule has 2 heterocycles. The van der Waals surface area contributed by atoms with Crippen LogP contribution in [-0.2, 0) is 6.18 Å². The van der Waals surface area contributed by atoms with Crippen molar-refractivity contribution in [2.24, 2.45) is 4.99 Å². The number of aromatic hydroxyl groups is 2. The molecule has 0 amide bonds. The summed E-state index contributed by atoms with van der Waals surface area (Å²) < 4.78 is 45.0. The summed E-state index contributed by atoms with van der Waals surface area (Å²) in [6.45, 7) is 1.44. The quantitative estimate of drug-likeness (QED) is 0.358. The Labute approximate surface area is 193 Å². The van der Waals surface area contributed by atoms with Crippen LogP contribution in [0.2, 0.25) is 0 Å². The number of fused-ring (bicyclic) bond motifs is 1. The van der Waals surface area contributed by atoms with E-state index in [1.807, 2.05) is 0 Å². The zero-order valence-electron chi connectivity index (χ0n) is 17.3. The molecule has 0 unspecified atom stereocenters. The summed E-state index contributed by atoms with van der Waals surface area (Å²) in [6.07, 6.45) is -4.71. The fourth-order valence-corrected chi connectivity index (χ4v) is 4.74. The molecule has 2 aromatic carbocycles. The van der Waals surface area contributed by atoms with E-state index >= 15 is 0 Å². The van der Waals surface area contributed by atoms with Crippen LogP contribution < -0.4 is 5.63 Å². The van der Waals surface area contributed by atoms with Crippen molar-refractivity contribution in [1.82, 2.24) is 0 Å². The van der Waals surface area contributed by atoms with Gasteiger partial charge in [-0.1, -0.05) is 6.07 Å². The van der Waals surface area contributed by atoms with Crippen LogP contribution in [0.15, 0.2) is 61.6 Å². The van der Waals surface area contributed by atoms with Gasteiger partial charge in [0.15, 0.2) is 5.75 Å². The fraction of sp³-hybridized carbons (Fsp3) is 0.182. The number of thioether (sulfide) groups is 1. The Morgan fingerprint density at radius 3 is 2.53 bits per heavy atom. The highest BCUT2D eigenvalue weighted by Gasteiger charge is 2.33. The minimum atomic E-state index is -4.64. The van der Waals surface area contributed by atoms with E-state index in [4.69, 9.17) is 4.42 Å². The normalized spacial score (nSPS) is 15.9. The number of nitrogens with zero attached hydrogens (tertiary/aromatic N) is 2. The summed E-state index contributed by atoms with van der Waals surface area (Å²) >= 11 is 1.09. The number of phenolic OH excluding ortho intramolecular Hbond substituents is 1. The van der Waals surface area contributed by atoms with Gasteiger partial charge in [0.05, 0.1) is 21.9 Å². The van der Waals surface area contributed by atoms with Crippen LogP contribution in [-0.4, -0.2) is 20.8 Å². The second-order valence-corrected chi connectivity index (χ2v) is 8.70. The van der Waals surface area contributed by atoms with Gasteiger partial charge in [-0.3, -0.25) is 15.1 Å². The molecule has 1 aliphatic rings. The number of nitro benzene ring substituents is 1. The maximum Gasteiger partial charge on any atom is 0.416 e. The number of aryl methyl sites for hydroxylation is 1. The van der Waals surface area contributed by atoms with Crippen LogP contribution in [0.3, 0.4) is 0 Å². The van der Waals surface area contributed by atoms with E-state index in [2.05, 4.69) is 4.99 Å². The molecular weight excluding hydrogens is 477 g/mol. The lowest BCUT2D eigenvalue weighted by molar-refractivity contribution is -0.385. The van der Waals surface area contributed by atoms with Gasteiger partial charge in [0.2, 0.25) is 0 Å². The molecule has 3 aromatic rings. The summed E-state index contributed by atoms with van der Waals surface area (Å²) in [6, 6.07) is 7.86. The number of rotatable bonds is 3. The Bertz CT molecular complexity index is 1400. The SMILES string of the molecule is Cc1cc(O)c(C2=Nc3cc(C(F)(F)F)ccc3S[C@H](c3ccc(O)c([N+](=O)[O-])c3)C2)c(=O)o1. The van der Waals surface area contributed by atoms with Crippen LogP contribution in [0.1, 0.15) is 34.1 Å². The van der Waals surface area contributed by atoms with E-state index in [0.717, 1.165) is 36.0 Å². The van der Waals surface area contributed by atoms with E-state index in [-0.39, 0.29) is 29.1 Å². The van der Waals surface area contributed by atoms with Gasteiger partial charge in [0, 0.05) is 28.7 Å². The molecule has 176 valence electrons. The van der Waals surface area contributed by atoms with Crippen LogP contribution in [0.5, 0.6) is 11.5 Å². The number of aliphatic imine (C=N–C) groups is 1. The number of halogens is 3. The molecular formula is C22H15F3N2O6S. The molecule has 1 aliphatic heterocycles. The standard InChI is InChI=1S/C22H15F3N2O6S/c1-10-6-17(29)20(21(30)33-10)14-9-19(11-2-4-16(28)15(7-11)27(31)32)34-18-5-3-12(22(23,24)25)8-13(18)26-14/h2-8,19,28-29H,9H2,1H3/t19-/m0/s1. The van der Waals surface area contributed by atoms with E-state index in [1.54, 1.807) is 0 Å². The third-order valence-corrected chi connectivity index (χ3v) is 6.42. The highest BCUT2D eigenvalue weighted by atomic mass is 32.2. The zero-order chi connectivity index (χ0) is 24.8. The number of benzene rings is 2. The highest BCUT2D eigenvalue weighted by Crippen LogP contribution is 2.48. The van der Waals surface area contributed by atoms with Crippen molar-refractivity contribution in [3.63, 3.8) is 0 Å². The summed E-state index contributed by atoms with van der Waals surface area (Å²) in [4.78, 5) is 27.7. The summed E-state index contributed by atoms with van der Waals surface area (Å²) in [7, 11) is 0. The summed E-state index contributed by atoms with van der Waals surface area (Å²) in [5, 5.41) is 30.8. The Hall–Kier alpha value is -3.80. The molecule has 0 saturated carbocycles. The number of phenols is 1. The van der Waals surface area contributed by atoms with Crippen LogP contribution in [0.4, 0.5) is 24.5 Å². The minimum absolute atomic E-state index is 0.0439. The number of nitro groups is 1. The van der Waals surface area contributed by atoms with Gasteiger partial charge < -0.3 is 14.6 Å². The van der Waals surface area contributed by atoms with Crippen molar-refractivity contribution in [3.05, 3.63) is 85.4 Å². The van der Waals surface area contributed by atoms with Crippen molar-refractivity contribution in [2.45, 2.75) is 29.7 Å². The molecule has 2 N–H and O–H groups in total. The monoisotopic (exact) mass is 492 g/mol. The first-order valence-electron chi connectivity index (χ1n) is 9.71. The van der Waals surface area contributed by atoms with Gasteiger partial charge >= 0.3 is 17.5 Å². The average Bonchev–Trinajstić information content (AvgIpc) is 2.91. The van der Waals surface area contributed by atoms with Gasteiger partial charge in [-0.2, -0.15) is 13.2 Å². The van der Waals surface area contributed by atoms with E-state index in [9.17, 15) is 38.3 Å². The number of alkyl halides is 3. The summed E-state index contributed by atoms with van der Waals surface area (Å²) in [5.41, 5.74) is -2.49. The first-order valence-corrected chi connectivity index (χ1v) is 10.6. The van der Waals surface area contributed by atoms with Crippen LogP contribution >= 0.6 is 11.8 Å². The first-order chi connectivity index (χ1) is 15.9. The molecule has 0 spiro atoms. The molecule has 34 heavy (non-hydrogen) atoms. The van der Waals surface area contributed by atoms with E-state index < -0.39 is 44.7 Å². The Balaban J connectivity index is 1.92. The minimum Gasteiger partial charge on any atom is -0.507 e. The molecule has 4 rings (SSSR count). The molecule has 12 heteroatoms. The van der Waals surface area contributed by atoms with Crippen molar-refractivity contribution in [2.75, 3.05) is 0 Å². The average molecular weight is 492 g/mol. The van der Waals surface area contributed by atoms with Crippen molar-refractivity contribution < 1.29 is 32.7 Å². The number of hydrogen-bond donors (Lipinski definition) is 2. The predicted octanol–water partition coefficient (Wildman–Crippen LogP) is 5.64. The maximum absolute atomic E-state index is 13.3. The second kappa shape index (κ2) is 8.52. The molecule has 0 aliphatic carbocycles. The zero-order valence-corrected chi connectivity index (χ0v) is 18.1. The van der Waals surface area contributed by atoms with Gasteiger partial charge in [-0.05, 0) is 36.8 Å². The highest BCUT2D eigenvalue weighted by molar-refractivity contribution is 7.99. The lowest BCUT2D eigenvalue weighted by atomic mass is 10.0. The van der Waals surface area contributed by atoms with Crippen LogP contribution in [0, 0.1) is 17.0 Å². The van der Waals surface area contributed by atoms with Gasteiger partial charge in [-0.25, -0.2) is 4.79 Å². The molecule has 0 saturated heterocycles. The summed E-state index contributed by atoms with van der Waals surface area (Å²) in [5.74, 6) is -0.878. The molecule has 1 aromatic heterocycles. The van der Waals surface area contributed by atoms with E-state index in [1.165, 1.54) is 25.1 Å². The third-order valence-electron chi connectivity index (χ3n) is 5.10. The Morgan fingerprint density at radius 1 is 1.15 bits per heavy atom. The molecule has 0 radical (unpaired) electrons. The molecule has 1 atom stereocenters. The van der Waals surface area contributed by atoms with Crippen LogP contribution in [0.25, 0.3) is 0 Å². The second-order valence-electron chi connectivity index (χ2n) is 7.46. The lowest BCUT2D eigenvalue weighted by Gasteiger charge is -2.16. The Morgan fingerprint density at radius 2 is 1.88 bits per heavy atom. The van der Waals surface area contributed by atoms with Gasteiger partial charge in [-0.15, -0.1) is 11.8 Å². The van der Waals surface area contributed by atoms with Gasteiger partial charge in [0.25, 0.3) is 0 Å². The van der Waals surface area contributed by atoms with Gasteiger partial charge in [0.1, 0.15) is 17.1 Å². The molecule has 0 fully saturated rings. The van der Waals surface area contributed by atoms with Crippen molar-refractivity contribution in [3.8, 4) is 11.5 Å².